The van der Waals surface area contributed by atoms with Gasteiger partial charge in [0.05, 0.1) is 6.61 Å². The van der Waals surface area contributed by atoms with E-state index in [0.29, 0.717) is 5.92 Å². The SMILES string of the molecule is CCCC1CCC(C2CCC(c3ccc(COc4ccc(OCC)c(F)c4F)cc3)CC2)C1. The van der Waals surface area contributed by atoms with Crippen molar-refractivity contribution in [2.45, 2.75) is 84.2 Å². The summed E-state index contributed by atoms with van der Waals surface area (Å²) >= 11 is 0. The normalized spacial score (nSPS) is 25.2. The van der Waals surface area contributed by atoms with E-state index in [1.54, 1.807) is 6.92 Å². The van der Waals surface area contributed by atoms with E-state index in [2.05, 4.69) is 31.2 Å². The minimum absolute atomic E-state index is 0.0878. The number of benzene rings is 2. The second kappa shape index (κ2) is 11.4. The van der Waals surface area contributed by atoms with Gasteiger partial charge in [-0.05, 0) is 92.4 Å². The van der Waals surface area contributed by atoms with Gasteiger partial charge in [0.2, 0.25) is 11.6 Å². The Morgan fingerprint density at radius 2 is 1.39 bits per heavy atom. The Morgan fingerprint density at radius 1 is 0.758 bits per heavy atom. The molecule has 2 aliphatic rings. The molecule has 0 amide bonds. The van der Waals surface area contributed by atoms with Crippen molar-refractivity contribution in [1.29, 1.82) is 0 Å². The van der Waals surface area contributed by atoms with Crippen LogP contribution in [-0.4, -0.2) is 6.61 Å². The second-order valence-corrected chi connectivity index (χ2v) is 9.99. The van der Waals surface area contributed by atoms with Gasteiger partial charge in [-0.3, -0.25) is 0 Å². The number of rotatable bonds is 9. The molecular weight excluding hydrogens is 418 g/mol. The van der Waals surface area contributed by atoms with Crippen LogP contribution in [0.25, 0.3) is 0 Å². The van der Waals surface area contributed by atoms with Crippen molar-refractivity contribution in [3.63, 3.8) is 0 Å². The van der Waals surface area contributed by atoms with E-state index in [4.69, 9.17) is 9.47 Å². The first-order valence-corrected chi connectivity index (χ1v) is 12.9. The van der Waals surface area contributed by atoms with Crippen molar-refractivity contribution >= 4 is 0 Å². The fourth-order valence-corrected chi connectivity index (χ4v) is 6.08. The summed E-state index contributed by atoms with van der Waals surface area (Å²) in [5.74, 6) is 1.34. The highest BCUT2D eigenvalue weighted by molar-refractivity contribution is 5.35. The zero-order valence-electron chi connectivity index (χ0n) is 20.1. The minimum Gasteiger partial charge on any atom is -0.491 e. The van der Waals surface area contributed by atoms with Crippen LogP contribution in [0, 0.1) is 29.4 Å². The van der Waals surface area contributed by atoms with Crippen LogP contribution in [0.4, 0.5) is 8.78 Å². The van der Waals surface area contributed by atoms with E-state index >= 15 is 0 Å². The summed E-state index contributed by atoms with van der Waals surface area (Å²) in [5.41, 5.74) is 2.35. The molecule has 33 heavy (non-hydrogen) atoms. The molecule has 0 heterocycles. The molecule has 0 aromatic heterocycles. The molecule has 0 aliphatic heterocycles. The predicted octanol–water partition coefficient (Wildman–Crippen LogP) is 8.43. The van der Waals surface area contributed by atoms with E-state index in [1.165, 1.54) is 75.5 Å². The summed E-state index contributed by atoms with van der Waals surface area (Å²) in [5, 5.41) is 0. The molecule has 0 N–H and O–H groups in total. The van der Waals surface area contributed by atoms with E-state index in [9.17, 15) is 8.78 Å². The molecule has 0 saturated heterocycles. The molecule has 4 heteroatoms. The highest BCUT2D eigenvalue weighted by atomic mass is 19.2. The largest absolute Gasteiger partial charge is 0.491 e. The average Bonchev–Trinajstić information content (AvgIpc) is 3.31. The molecule has 2 nitrogen and oxygen atoms in total. The van der Waals surface area contributed by atoms with Crippen LogP contribution in [0.15, 0.2) is 36.4 Å². The highest BCUT2D eigenvalue weighted by Gasteiger charge is 2.33. The molecule has 2 atom stereocenters. The zero-order chi connectivity index (χ0) is 23.2. The molecule has 4 rings (SSSR count). The van der Waals surface area contributed by atoms with Crippen molar-refractivity contribution in [2.75, 3.05) is 6.61 Å². The maximum atomic E-state index is 14.2. The van der Waals surface area contributed by atoms with Crippen LogP contribution in [0.2, 0.25) is 0 Å². The van der Waals surface area contributed by atoms with E-state index in [0.717, 1.165) is 23.3 Å². The topological polar surface area (TPSA) is 18.5 Å². The van der Waals surface area contributed by atoms with Crippen LogP contribution < -0.4 is 9.47 Å². The van der Waals surface area contributed by atoms with Crippen molar-refractivity contribution < 1.29 is 18.3 Å². The van der Waals surface area contributed by atoms with Gasteiger partial charge in [0.1, 0.15) is 6.61 Å². The number of hydrogen-bond acceptors (Lipinski definition) is 2. The van der Waals surface area contributed by atoms with Gasteiger partial charge in [0.15, 0.2) is 11.5 Å². The van der Waals surface area contributed by atoms with Gasteiger partial charge in [-0.1, -0.05) is 50.5 Å². The fraction of sp³-hybridized carbons (Fsp3) is 0.586. The number of ether oxygens (including phenoxy) is 2. The van der Waals surface area contributed by atoms with Crippen LogP contribution in [-0.2, 0) is 6.61 Å². The standard InChI is InChI=1S/C29H38F2O2/c1-3-5-20-6-11-25(18-20)24-14-12-23(13-15-24)22-9-7-21(8-10-22)19-33-27-17-16-26(32-4-2)28(30)29(27)31/h7-10,16-17,20,23-25H,3-6,11-15,18-19H2,1-2H3. The quantitative estimate of drug-likeness (QED) is 0.377. The van der Waals surface area contributed by atoms with Crippen molar-refractivity contribution in [2.24, 2.45) is 17.8 Å². The van der Waals surface area contributed by atoms with Crippen LogP contribution >= 0.6 is 0 Å². The van der Waals surface area contributed by atoms with Crippen LogP contribution in [0.3, 0.4) is 0 Å². The number of hydrogen-bond donors (Lipinski definition) is 0. The summed E-state index contributed by atoms with van der Waals surface area (Å²) < 4.78 is 38.9. The number of halogens is 2. The first kappa shape index (κ1) is 24.0. The lowest BCUT2D eigenvalue weighted by molar-refractivity contribution is 0.229. The van der Waals surface area contributed by atoms with Gasteiger partial charge in [0.25, 0.3) is 0 Å². The Morgan fingerprint density at radius 3 is 2.03 bits per heavy atom. The maximum Gasteiger partial charge on any atom is 0.204 e. The molecule has 2 aromatic carbocycles. The Balaban J connectivity index is 1.27. The van der Waals surface area contributed by atoms with Gasteiger partial charge < -0.3 is 9.47 Å². The third kappa shape index (κ3) is 5.88. The van der Waals surface area contributed by atoms with Gasteiger partial charge in [-0.25, -0.2) is 0 Å². The molecule has 2 unspecified atom stereocenters. The molecular formula is C29H38F2O2. The van der Waals surface area contributed by atoms with E-state index in [1.807, 2.05) is 0 Å². The second-order valence-electron chi connectivity index (χ2n) is 9.99. The summed E-state index contributed by atoms with van der Waals surface area (Å²) in [6.45, 7) is 4.53. The van der Waals surface area contributed by atoms with Gasteiger partial charge in [-0.2, -0.15) is 8.78 Å². The summed E-state index contributed by atoms with van der Waals surface area (Å²) in [4.78, 5) is 0. The Hall–Kier alpha value is -2.10. The third-order valence-corrected chi connectivity index (χ3v) is 7.87. The minimum atomic E-state index is -1.00. The first-order valence-electron chi connectivity index (χ1n) is 12.9. The fourth-order valence-electron chi connectivity index (χ4n) is 6.08. The van der Waals surface area contributed by atoms with Gasteiger partial charge in [0, 0.05) is 0 Å². The maximum absolute atomic E-state index is 14.2. The lowest BCUT2D eigenvalue weighted by Crippen LogP contribution is -2.19. The first-order chi connectivity index (χ1) is 16.1. The molecule has 2 aromatic rings. The van der Waals surface area contributed by atoms with Gasteiger partial charge in [-0.15, -0.1) is 0 Å². The van der Waals surface area contributed by atoms with Crippen LogP contribution in [0.1, 0.15) is 88.7 Å². The third-order valence-electron chi connectivity index (χ3n) is 7.87. The lowest BCUT2D eigenvalue weighted by Gasteiger charge is -2.32. The lowest BCUT2D eigenvalue weighted by atomic mass is 9.73. The monoisotopic (exact) mass is 456 g/mol. The molecule has 0 spiro atoms. The molecule has 2 saturated carbocycles. The summed E-state index contributed by atoms with van der Waals surface area (Å²) in [6.07, 6.45) is 12.4. The van der Waals surface area contributed by atoms with Crippen LogP contribution in [0.5, 0.6) is 11.5 Å². The Kier molecular flexibility index (Phi) is 8.27. The Labute approximate surface area is 197 Å². The predicted molar refractivity (Wildman–Crippen MR) is 129 cm³/mol. The summed E-state index contributed by atoms with van der Waals surface area (Å²) in [6, 6.07) is 11.3. The average molecular weight is 457 g/mol. The van der Waals surface area contributed by atoms with Crippen molar-refractivity contribution in [3.05, 3.63) is 59.2 Å². The van der Waals surface area contributed by atoms with E-state index in [-0.39, 0.29) is 24.7 Å². The van der Waals surface area contributed by atoms with Crippen molar-refractivity contribution in [1.82, 2.24) is 0 Å². The molecule has 0 bridgehead atoms. The molecule has 2 fully saturated rings. The van der Waals surface area contributed by atoms with Crippen molar-refractivity contribution in [3.8, 4) is 11.5 Å². The van der Waals surface area contributed by atoms with Gasteiger partial charge >= 0.3 is 0 Å². The van der Waals surface area contributed by atoms with E-state index < -0.39 is 11.6 Å². The molecule has 0 radical (unpaired) electrons. The summed E-state index contributed by atoms with van der Waals surface area (Å²) in [7, 11) is 0. The smallest absolute Gasteiger partial charge is 0.204 e. The molecule has 2 aliphatic carbocycles. The Bertz CT molecular complexity index is 887. The zero-order valence-corrected chi connectivity index (χ0v) is 20.1. The highest BCUT2D eigenvalue weighted by Crippen LogP contribution is 2.46. The molecule has 180 valence electrons.